The third kappa shape index (κ3) is 5.00. The summed E-state index contributed by atoms with van der Waals surface area (Å²) < 4.78 is 0. The van der Waals surface area contributed by atoms with Crippen molar-refractivity contribution in [2.75, 3.05) is 18.1 Å². The Bertz CT molecular complexity index is 190. The SMILES string of the molecule is O=C(CSCC(O)CO)C1CCCCC1. The molecular weight excluding hydrogens is 212 g/mol. The fourth-order valence-corrected chi connectivity index (χ4v) is 2.82. The number of carbonyl (C=O) groups is 1. The summed E-state index contributed by atoms with van der Waals surface area (Å²) in [5, 5.41) is 17.7. The zero-order chi connectivity index (χ0) is 11.1. The van der Waals surface area contributed by atoms with Crippen LogP contribution in [0.5, 0.6) is 0 Å². The number of Topliss-reactive ketones (excluding diaryl/α,β-unsaturated/α-hetero) is 1. The van der Waals surface area contributed by atoms with Crippen LogP contribution in [0.25, 0.3) is 0 Å². The Morgan fingerprint density at radius 3 is 2.60 bits per heavy atom. The molecule has 0 radical (unpaired) electrons. The van der Waals surface area contributed by atoms with Crippen molar-refractivity contribution >= 4 is 17.5 Å². The predicted molar refractivity (Wildman–Crippen MR) is 62.0 cm³/mol. The van der Waals surface area contributed by atoms with Crippen LogP contribution in [0, 0.1) is 5.92 Å². The summed E-state index contributed by atoms with van der Waals surface area (Å²) in [6, 6.07) is 0. The maximum atomic E-state index is 11.7. The highest BCUT2D eigenvalue weighted by molar-refractivity contribution is 8.00. The number of hydrogen-bond donors (Lipinski definition) is 2. The molecule has 1 aliphatic rings. The van der Waals surface area contributed by atoms with Gasteiger partial charge in [-0.15, -0.1) is 0 Å². The Kier molecular flexibility index (Phi) is 6.29. The van der Waals surface area contributed by atoms with E-state index in [0.29, 0.717) is 17.3 Å². The first kappa shape index (κ1) is 13.0. The Morgan fingerprint density at radius 2 is 2.00 bits per heavy atom. The first-order valence-electron chi connectivity index (χ1n) is 5.63. The number of carbonyl (C=O) groups excluding carboxylic acids is 1. The lowest BCUT2D eigenvalue weighted by Crippen LogP contribution is -2.21. The monoisotopic (exact) mass is 232 g/mol. The molecule has 0 saturated heterocycles. The summed E-state index contributed by atoms with van der Waals surface area (Å²) in [6.07, 6.45) is 5.03. The van der Waals surface area contributed by atoms with Crippen LogP contribution >= 0.6 is 11.8 Å². The van der Waals surface area contributed by atoms with Gasteiger partial charge in [-0.1, -0.05) is 19.3 Å². The van der Waals surface area contributed by atoms with Gasteiger partial charge in [0.2, 0.25) is 0 Å². The molecule has 1 aliphatic carbocycles. The summed E-state index contributed by atoms with van der Waals surface area (Å²) in [7, 11) is 0. The van der Waals surface area contributed by atoms with Crippen LogP contribution in [-0.4, -0.2) is 40.2 Å². The number of thioether (sulfide) groups is 1. The molecule has 4 heteroatoms. The van der Waals surface area contributed by atoms with Gasteiger partial charge in [0.25, 0.3) is 0 Å². The van der Waals surface area contributed by atoms with E-state index < -0.39 is 6.10 Å². The van der Waals surface area contributed by atoms with Crippen molar-refractivity contribution in [3.8, 4) is 0 Å². The summed E-state index contributed by atoms with van der Waals surface area (Å²) in [4.78, 5) is 11.7. The van der Waals surface area contributed by atoms with Crippen molar-refractivity contribution in [3.63, 3.8) is 0 Å². The maximum Gasteiger partial charge on any atom is 0.145 e. The van der Waals surface area contributed by atoms with Gasteiger partial charge in [-0.2, -0.15) is 11.8 Å². The van der Waals surface area contributed by atoms with Crippen molar-refractivity contribution < 1.29 is 15.0 Å². The molecule has 1 atom stereocenters. The quantitative estimate of drug-likeness (QED) is 0.723. The number of ketones is 1. The third-order valence-electron chi connectivity index (χ3n) is 2.83. The summed E-state index contributed by atoms with van der Waals surface area (Å²) in [6.45, 7) is -0.218. The van der Waals surface area contributed by atoms with E-state index in [-0.39, 0.29) is 12.5 Å². The van der Waals surface area contributed by atoms with E-state index in [2.05, 4.69) is 0 Å². The predicted octanol–water partition coefficient (Wildman–Crippen LogP) is 1.22. The molecule has 0 aliphatic heterocycles. The number of aliphatic hydroxyl groups excluding tert-OH is 2. The minimum Gasteiger partial charge on any atom is -0.394 e. The lowest BCUT2D eigenvalue weighted by Gasteiger charge is -2.20. The van der Waals surface area contributed by atoms with Gasteiger partial charge in [0.15, 0.2) is 0 Å². The zero-order valence-corrected chi connectivity index (χ0v) is 9.84. The van der Waals surface area contributed by atoms with Crippen molar-refractivity contribution in [2.24, 2.45) is 5.92 Å². The fourth-order valence-electron chi connectivity index (χ4n) is 1.89. The van der Waals surface area contributed by atoms with Crippen LogP contribution in [0.2, 0.25) is 0 Å². The average Bonchev–Trinajstić information content (AvgIpc) is 2.29. The summed E-state index contributed by atoms with van der Waals surface area (Å²) in [5.41, 5.74) is 0. The molecule has 0 heterocycles. The molecule has 1 saturated carbocycles. The van der Waals surface area contributed by atoms with Gasteiger partial charge >= 0.3 is 0 Å². The van der Waals surface area contributed by atoms with Gasteiger partial charge in [-0.3, -0.25) is 4.79 Å². The van der Waals surface area contributed by atoms with Crippen LogP contribution < -0.4 is 0 Å². The molecule has 15 heavy (non-hydrogen) atoms. The first-order valence-corrected chi connectivity index (χ1v) is 6.79. The highest BCUT2D eigenvalue weighted by Gasteiger charge is 2.20. The highest BCUT2D eigenvalue weighted by Crippen LogP contribution is 2.25. The number of rotatable bonds is 6. The molecule has 0 spiro atoms. The van der Waals surface area contributed by atoms with E-state index in [1.807, 2.05) is 0 Å². The Morgan fingerprint density at radius 1 is 1.33 bits per heavy atom. The van der Waals surface area contributed by atoms with Crippen molar-refractivity contribution in [1.82, 2.24) is 0 Å². The van der Waals surface area contributed by atoms with Crippen LogP contribution in [0.15, 0.2) is 0 Å². The second kappa shape index (κ2) is 7.25. The van der Waals surface area contributed by atoms with Gasteiger partial charge in [0.1, 0.15) is 5.78 Å². The fraction of sp³-hybridized carbons (Fsp3) is 0.909. The third-order valence-corrected chi connectivity index (χ3v) is 3.93. The number of hydrogen-bond acceptors (Lipinski definition) is 4. The second-order valence-corrected chi connectivity index (χ2v) is 5.18. The Labute approximate surface area is 95.3 Å². The second-order valence-electron chi connectivity index (χ2n) is 4.15. The largest absolute Gasteiger partial charge is 0.394 e. The van der Waals surface area contributed by atoms with Crippen LogP contribution in [0.3, 0.4) is 0 Å². The summed E-state index contributed by atoms with van der Waals surface area (Å²) in [5.74, 6) is 1.53. The van der Waals surface area contributed by atoms with Crippen molar-refractivity contribution in [3.05, 3.63) is 0 Å². The molecule has 0 bridgehead atoms. The molecule has 0 aromatic rings. The normalized spacial score (nSPS) is 20.1. The molecule has 0 aromatic heterocycles. The van der Waals surface area contributed by atoms with Crippen LogP contribution in [0.4, 0.5) is 0 Å². The lowest BCUT2D eigenvalue weighted by atomic mass is 9.87. The molecule has 1 fully saturated rings. The Hall–Kier alpha value is -0.0600. The van der Waals surface area contributed by atoms with Crippen molar-refractivity contribution in [2.45, 2.75) is 38.2 Å². The van der Waals surface area contributed by atoms with Crippen LogP contribution in [0.1, 0.15) is 32.1 Å². The van der Waals surface area contributed by atoms with Gasteiger partial charge in [0, 0.05) is 11.7 Å². The molecule has 2 N–H and O–H groups in total. The standard InChI is InChI=1S/C11H20O3S/c12-6-10(13)7-15-8-11(14)9-4-2-1-3-5-9/h9-10,12-13H,1-8H2. The lowest BCUT2D eigenvalue weighted by molar-refractivity contribution is -0.121. The van der Waals surface area contributed by atoms with E-state index in [1.165, 1.54) is 31.0 Å². The van der Waals surface area contributed by atoms with E-state index in [4.69, 9.17) is 10.2 Å². The van der Waals surface area contributed by atoms with Gasteiger partial charge in [0.05, 0.1) is 18.5 Å². The number of aliphatic hydroxyl groups is 2. The smallest absolute Gasteiger partial charge is 0.145 e. The average molecular weight is 232 g/mol. The topological polar surface area (TPSA) is 57.5 Å². The molecular formula is C11H20O3S. The van der Waals surface area contributed by atoms with Gasteiger partial charge < -0.3 is 10.2 Å². The minimum absolute atomic E-state index is 0.218. The van der Waals surface area contributed by atoms with E-state index in [9.17, 15) is 4.79 Å². The first-order chi connectivity index (χ1) is 7.24. The van der Waals surface area contributed by atoms with E-state index in [0.717, 1.165) is 12.8 Å². The molecule has 0 amide bonds. The van der Waals surface area contributed by atoms with Gasteiger partial charge in [-0.25, -0.2) is 0 Å². The molecule has 88 valence electrons. The van der Waals surface area contributed by atoms with E-state index in [1.54, 1.807) is 0 Å². The molecule has 0 aromatic carbocycles. The van der Waals surface area contributed by atoms with E-state index >= 15 is 0 Å². The zero-order valence-electron chi connectivity index (χ0n) is 9.02. The maximum absolute atomic E-state index is 11.7. The molecule has 3 nitrogen and oxygen atoms in total. The minimum atomic E-state index is -0.686. The molecule has 1 unspecified atom stereocenters. The van der Waals surface area contributed by atoms with Gasteiger partial charge in [-0.05, 0) is 12.8 Å². The Balaban J connectivity index is 2.12. The molecule has 1 rings (SSSR count). The summed E-state index contributed by atoms with van der Waals surface area (Å²) >= 11 is 1.43. The van der Waals surface area contributed by atoms with Crippen LogP contribution in [-0.2, 0) is 4.79 Å². The highest BCUT2D eigenvalue weighted by atomic mass is 32.2. The van der Waals surface area contributed by atoms with Crippen molar-refractivity contribution in [1.29, 1.82) is 0 Å².